The molecular formula is C7H15ClN2. The van der Waals surface area contributed by atoms with Crippen molar-refractivity contribution < 1.29 is 0 Å². The lowest BCUT2D eigenvalue weighted by molar-refractivity contribution is 0.401. The van der Waals surface area contributed by atoms with Crippen LogP contribution in [0.25, 0.3) is 0 Å². The van der Waals surface area contributed by atoms with E-state index in [4.69, 9.17) is 0 Å². The number of hydrogen-bond acceptors (Lipinski definition) is 2. The first-order valence-corrected chi connectivity index (χ1v) is 3.53. The van der Waals surface area contributed by atoms with Crippen LogP contribution >= 0.6 is 12.4 Å². The molecule has 0 aliphatic carbocycles. The number of aliphatic imine (C=N–C) groups is 1. The second-order valence-electron chi connectivity index (χ2n) is 2.91. The molecule has 1 aliphatic rings. The third-order valence-corrected chi connectivity index (χ3v) is 1.36. The molecule has 0 saturated carbocycles. The number of hydrogen-bond donors (Lipinski definition) is 0. The van der Waals surface area contributed by atoms with Crippen molar-refractivity contribution in [3.8, 4) is 0 Å². The van der Waals surface area contributed by atoms with E-state index < -0.39 is 0 Å². The smallest absolute Gasteiger partial charge is 0.0851 e. The molecule has 0 radical (unpaired) electrons. The minimum Gasteiger partial charge on any atom is -0.361 e. The molecule has 0 aromatic carbocycles. The van der Waals surface area contributed by atoms with Gasteiger partial charge in [-0.05, 0) is 5.92 Å². The van der Waals surface area contributed by atoms with E-state index in [0.29, 0.717) is 0 Å². The summed E-state index contributed by atoms with van der Waals surface area (Å²) in [4.78, 5) is 6.39. The minimum atomic E-state index is 0. The first-order valence-electron chi connectivity index (χ1n) is 3.53. The summed E-state index contributed by atoms with van der Waals surface area (Å²) in [6.07, 6.45) is 1.96. The molecule has 2 nitrogen and oxygen atoms in total. The van der Waals surface area contributed by atoms with Crippen molar-refractivity contribution in [2.24, 2.45) is 10.9 Å². The summed E-state index contributed by atoms with van der Waals surface area (Å²) in [6.45, 7) is 7.73. The summed E-state index contributed by atoms with van der Waals surface area (Å²) in [5, 5.41) is 0. The van der Waals surface area contributed by atoms with E-state index in [-0.39, 0.29) is 12.4 Å². The fourth-order valence-corrected chi connectivity index (χ4v) is 1.02. The van der Waals surface area contributed by atoms with Crippen molar-refractivity contribution in [1.82, 2.24) is 4.90 Å². The molecule has 0 amide bonds. The van der Waals surface area contributed by atoms with Crippen LogP contribution in [-0.2, 0) is 0 Å². The van der Waals surface area contributed by atoms with Crippen molar-refractivity contribution in [3.63, 3.8) is 0 Å². The lowest BCUT2D eigenvalue weighted by atomic mass is 10.2. The fraction of sp³-hybridized carbons (Fsp3) is 0.857. The van der Waals surface area contributed by atoms with Gasteiger partial charge in [0.15, 0.2) is 0 Å². The predicted molar refractivity (Wildman–Crippen MR) is 47.0 cm³/mol. The standard InChI is InChI=1S/C7H14N2.ClH/c1-7(2)5-9-4-3-8-6-9;/h6-7H,3-5H2,1-2H3;1H. The lowest BCUT2D eigenvalue weighted by Gasteiger charge is -2.15. The Hall–Kier alpha value is -0.240. The molecule has 1 heterocycles. The molecular weight excluding hydrogens is 148 g/mol. The molecule has 0 spiro atoms. The van der Waals surface area contributed by atoms with E-state index in [1.165, 1.54) is 0 Å². The van der Waals surface area contributed by atoms with E-state index in [2.05, 4.69) is 23.7 Å². The second kappa shape index (κ2) is 4.56. The Bertz CT molecular complexity index is 112. The summed E-state index contributed by atoms with van der Waals surface area (Å²) in [5.74, 6) is 0.759. The van der Waals surface area contributed by atoms with Crippen molar-refractivity contribution in [2.45, 2.75) is 13.8 Å². The Morgan fingerprint density at radius 3 is 2.70 bits per heavy atom. The van der Waals surface area contributed by atoms with Crippen LogP contribution in [-0.4, -0.2) is 30.9 Å². The topological polar surface area (TPSA) is 15.6 Å². The summed E-state index contributed by atoms with van der Waals surface area (Å²) in [5.41, 5.74) is 0. The zero-order valence-electron chi connectivity index (χ0n) is 6.58. The van der Waals surface area contributed by atoms with Crippen molar-refractivity contribution >= 4 is 18.7 Å². The van der Waals surface area contributed by atoms with Crippen LogP contribution in [0.15, 0.2) is 4.99 Å². The van der Waals surface area contributed by atoms with Gasteiger partial charge >= 0.3 is 0 Å². The van der Waals surface area contributed by atoms with Gasteiger partial charge in [-0.15, -0.1) is 12.4 Å². The average Bonchev–Trinajstić information content (AvgIpc) is 2.15. The average molecular weight is 163 g/mol. The molecule has 1 aliphatic heterocycles. The molecule has 1 rings (SSSR count). The third kappa shape index (κ3) is 3.06. The van der Waals surface area contributed by atoms with Gasteiger partial charge in [0.1, 0.15) is 0 Å². The lowest BCUT2D eigenvalue weighted by Crippen LogP contribution is -2.24. The van der Waals surface area contributed by atoms with Gasteiger partial charge in [-0.1, -0.05) is 13.8 Å². The van der Waals surface area contributed by atoms with Gasteiger partial charge in [-0.2, -0.15) is 0 Å². The van der Waals surface area contributed by atoms with Gasteiger partial charge in [0.2, 0.25) is 0 Å². The normalized spacial score (nSPS) is 16.1. The molecule has 0 atom stereocenters. The predicted octanol–water partition coefficient (Wildman–Crippen LogP) is 1.41. The minimum absolute atomic E-state index is 0. The van der Waals surface area contributed by atoms with Gasteiger partial charge in [-0.3, -0.25) is 4.99 Å². The van der Waals surface area contributed by atoms with Gasteiger partial charge in [0, 0.05) is 13.1 Å². The largest absolute Gasteiger partial charge is 0.361 e. The van der Waals surface area contributed by atoms with Crippen molar-refractivity contribution in [1.29, 1.82) is 0 Å². The van der Waals surface area contributed by atoms with E-state index in [1.807, 2.05) is 6.34 Å². The van der Waals surface area contributed by atoms with Crippen molar-refractivity contribution in [2.75, 3.05) is 19.6 Å². The Morgan fingerprint density at radius 1 is 1.60 bits per heavy atom. The van der Waals surface area contributed by atoms with Gasteiger partial charge in [0.05, 0.1) is 12.9 Å². The third-order valence-electron chi connectivity index (χ3n) is 1.36. The first kappa shape index (κ1) is 9.76. The Kier molecular flexibility index (Phi) is 4.45. The highest BCUT2D eigenvalue weighted by Gasteiger charge is 2.05. The quantitative estimate of drug-likeness (QED) is 0.600. The SMILES string of the molecule is CC(C)CN1C=NCC1.Cl. The molecule has 10 heavy (non-hydrogen) atoms. The highest BCUT2D eigenvalue weighted by molar-refractivity contribution is 5.85. The first-order chi connectivity index (χ1) is 4.29. The summed E-state index contributed by atoms with van der Waals surface area (Å²) in [6, 6.07) is 0. The summed E-state index contributed by atoms with van der Waals surface area (Å²) >= 11 is 0. The fourth-order valence-electron chi connectivity index (χ4n) is 1.02. The number of halogens is 1. The molecule has 0 aromatic rings. The van der Waals surface area contributed by atoms with Crippen LogP contribution in [0, 0.1) is 5.92 Å². The Morgan fingerprint density at radius 2 is 2.30 bits per heavy atom. The molecule has 3 heteroatoms. The van der Waals surface area contributed by atoms with Crippen LogP contribution in [0.4, 0.5) is 0 Å². The highest BCUT2D eigenvalue weighted by Crippen LogP contribution is 1.99. The van der Waals surface area contributed by atoms with Crippen LogP contribution in [0.1, 0.15) is 13.8 Å². The van der Waals surface area contributed by atoms with Crippen LogP contribution in [0.5, 0.6) is 0 Å². The van der Waals surface area contributed by atoms with Gasteiger partial charge in [-0.25, -0.2) is 0 Å². The summed E-state index contributed by atoms with van der Waals surface area (Å²) < 4.78 is 0. The maximum Gasteiger partial charge on any atom is 0.0851 e. The molecule has 0 N–H and O–H groups in total. The maximum atomic E-state index is 4.12. The van der Waals surface area contributed by atoms with Crippen LogP contribution in [0.3, 0.4) is 0 Å². The van der Waals surface area contributed by atoms with Crippen molar-refractivity contribution in [3.05, 3.63) is 0 Å². The summed E-state index contributed by atoms with van der Waals surface area (Å²) in [7, 11) is 0. The zero-order valence-corrected chi connectivity index (χ0v) is 7.40. The second-order valence-corrected chi connectivity index (χ2v) is 2.91. The molecule has 0 aromatic heterocycles. The van der Waals surface area contributed by atoms with Crippen LogP contribution in [0.2, 0.25) is 0 Å². The highest BCUT2D eigenvalue weighted by atomic mass is 35.5. The van der Waals surface area contributed by atoms with Gasteiger partial charge < -0.3 is 4.90 Å². The molecule has 60 valence electrons. The Labute approximate surface area is 68.7 Å². The number of rotatable bonds is 2. The maximum absolute atomic E-state index is 4.12. The Balaban J connectivity index is 0.000000810. The molecule has 0 saturated heterocycles. The molecule has 0 bridgehead atoms. The zero-order chi connectivity index (χ0) is 6.69. The van der Waals surface area contributed by atoms with E-state index >= 15 is 0 Å². The van der Waals surface area contributed by atoms with E-state index in [9.17, 15) is 0 Å². The monoisotopic (exact) mass is 162 g/mol. The molecule has 0 unspecified atom stereocenters. The van der Waals surface area contributed by atoms with Crippen LogP contribution < -0.4 is 0 Å². The number of nitrogens with zero attached hydrogens (tertiary/aromatic N) is 2. The van der Waals surface area contributed by atoms with E-state index in [0.717, 1.165) is 25.6 Å². The van der Waals surface area contributed by atoms with E-state index in [1.54, 1.807) is 0 Å². The van der Waals surface area contributed by atoms with Gasteiger partial charge in [0.25, 0.3) is 0 Å². The molecule has 0 fully saturated rings.